The number of hydrogen-bond donors (Lipinski definition) is 0. The van der Waals surface area contributed by atoms with E-state index in [1.54, 1.807) is 0 Å². The van der Waals surface area contributed by atoms with E-state index in [4.69, 9.17) is 4.42 Å². The standard InChI is InChI=1S/C27H16O/c1-3-7-19-16(5-1)9-11-21-22-15-26-24(14-18(22)13-23(19)21)27-20-8-4-2-6-17(20)10-12-25(27)28-26/h1-12,14-15H,13H2. The molecule has 0 saturated heterocycles. The first-order valence-corrected chi connectivity index (χ1v) is 9.75. The molecule has 0 unspecified atom stereocenters. The van der Waals surface area contributed by atoms with E-state index >= 15 is 0 Å². The summed E-state index contributed by atoms with van der Waals surface area (Å²) in [5, 5.41) is 7.66. The Kier molecular flexibility index (Phi) is 2.60. The lowest BCUT2D eigenvalue weighted by Gasteiger charge is -2.05. The first-order chi connectivity index (χ1) is 13.9. The molecule has 7 rings (SSSR count). The second kappa shape index (κ2) is 5.02. The van der Waals surface area contributed by atoms with E-state index < -0.39 is 0 Å². The summed E-state index contributed by atoms with van der Waals surface area (Å²) in [5.74, 6) is 0. The maximum atomic E-state index is 6.29. The second-order valence-corrected chi connectivity index (χ2v) is 7.76. The average molecular weight is 356 g/mol. The molecule has 6 aromatic rings. The van der Waals surface area contributed by atoms with Crippen molar-refractivity contribution in [3.8, 4) is 11.1 Å². The lowest BCUT2D eigenvalue weighted by atomic mass is 9.99. The quantitative estimate of drug-likeness (QED) is 0.275. The number of benzene rings is 5. The highest BCUT2D eigenvalue weighted by atomic mass is 16.3. The first kappa shape index (κ1) is 14.5. The van der Waals surface area contributed by atoms with E-state index in [-0.39, 0.29) is 0 Å². The van der Waals surface area contributed by atoms with Gasteiger partial charge in [0.15, 0.2) is 0 Å². The topological polar surface area (TPSA) is 13.1 Å². The zero-order valence-electron chi connectivity index (χ0n) is 15.2. The van der Waals surface area contributed by atoms with Gasteiger partial charge in [0.05, 0.1) is 0 Å². The van der Waals surface area contributed by atoms with Gasteiger partial charge in [-0.2, -0.15) is 0 Å². The van der Waals surface area contributed by atoms with E-state index in [9.17, 15) is 0 Å². The molecule has 0 saturated carbocycles. The van der Waals surface area contributed by atoms with Crippen LogP contribution in [0.1, 0.15) is 11.1 Å². The largest absolute Gasteiger partial charge is 0.456 e. The predicted molar refractivity (Wildman–Crippen MR) is 117 cm³/mol. The third kappa shape index (κ3) is 1.76. The summed E-state index contributed by atoms with van der Waals surface area (Å²) in [5.41, 5.74) is 7.45. The summed E-state index contributed by atoms with van der Waals surface area (Å²) in [4.78, 5) is 0. The monoisotopic (exact) mass is 356 g/mol. The number of rotatable bonds is 0. The molecule has 1 aliphatic carbocycles. The summed E-state index contributed by atoms with van der Waals surface area (Å²) in [6, 6.07) is 30.6. The van der Waals surface area contributed by atoms with Gasteiger partial charge in [-0.05, 0) is 68.4 Å². The highest BCUT2D eigenvalue weighted by Gasteiger charge is 2.23. The normalized spacial score (nSPS) is 12.9. The van der Waals surface area contributed by atoms with Gasteiger partial charge in [-0.25, -0.2) is 0 Å². The van der Waals surface area contributed by atoms with Crippen LogP contribution < -0.4 is 0 Å². The van der Waals surface area contributed by atoms with E-state index in [1.165, 1.54) is 54.6 Å². The van der Waals surface area contributed by atoms with Gasteiger partial charge < -0.3 is 4.42 Å². The van der Waals surface area contributed by atoms with Gasteiger partial charge in [0, 0.05) is 10.8 Å². The zero-order chi connectivity index (χ0) is 18.2. The molecular formula is C27H16O. The Labute approximate surface area is 161 Å². The molecule has 1 nitrogen and oxygen atoms in total. The fourth-order valence-electron chi connectivity index (χ4n) is 5.00. The fraction of sp³-hybridized carbons (Fsp3) is 0.0370. The van der Waals surface area contributed by atoms with Crippen molar-refractivity contribution in [1.82, 2.24) is 0 Å². The van der Waals surface area contributed by atoms with Crippen LogP contribution in [-0.2, 0) is 6.42 Å². The van der Waals surface area contributed by atoms with E-state index in [2.05, 4.69) is 84.9 Å². The van der Waals surface area contributed by atoms with Crippen LogP contribution in [0, 0.1) is 0 Å². The number of furan rings is 1. The predicted octanol–water partition coefficient (Wildman–Crippen LogP) is 7.46. The van der Waals surface area contributed by atoms with E-state index in [1.807, 2.05) is 0 Å². The summed E-state index contributed by atoms with van der Waals surface area (Å²) >= 11 is 0. The highest BCUT2D eigenvalue weighted by molar-refractivity contribution is 6.19. The molecule has 0 aliphatic heterocycles. The molecule has 28 heavy (non-hydrogen) atoms. The van der Waals surface area contributed by atoms with Crippen molar-refractivity contribution in [3.63, 3.8) is 0 Å². The van der Waals surface area contributed by atoms with Crippen molar-refractivity contribution in [2.75, 3.05) is 0 Å². The van der Waals surface area contributed by atoms with Crippen LogP contribution in [0.3, 0.4) is 0 Å². The van der Waals surface area contributed by atoms with Crippen LogP contribution in [0.2, 0.25) is 0 Å². The summed E-state index contributed by atoms with van der Waals surface area (Å²) in [7, 11) is 0. The van der Waals surface area contributed by atoms with Crippen molar-refractivity contribution in [2.45, 2.75) is 6.42 Å². The SMILES string of the molecule is c1ccc2c3c(ccc2c1)-c1cc2oc4ccc5ccccc5c4c2cc1C3. The molecule has 0 N–H and O–H groups in total. The Balaban J connectivity index is 1.57. The summed E-state index contributed by atoms with van der Waals surface area (Å²) < 4.78 is 6.29. The molecule has 1 heteroatoms. The molecule has 5 aromatic carbocycles. The summed E-state index contributed by atoms with van der Waals surface area (Å²) in [6.45, 7) is 0. The molecule has 0 bridgehead atoms. The van der Waals surface area contributed by atoms with Gasteiger partial charge in [0.25, 0.3) is 0 Å². The molecule has 0 amide bonds. The van der Waals surface area contributed by atoms with Crippen LogP contribution in [0.4, 0.5) is 0 Å². The van der Waals surface area contributed by atoms with Crippen LogP contribution in [0.25, 0.3) is 54.6 Å². The zero-order valence-corrected chi connectivity index (χ0v) is 15.2. The van der Waals surface area contributed by atoms with Crippen molar-refractivity contribution in [2.24, 2.45) is 0 Å². The molecule has 0 atom stereocenters. The number of fused-ring (bicyclic) bond motifs is 10. The van der Waals surface area contributed by atoms with Crippen molar-refractivity contribution in [1.29, 1.82) is 0 Å². The molecule has 0 fully saturated rings. The van der Waals surface area contributed by atoms with Gasteiger partial charge in [0.1, 0.15) is 11.2 Å². The van der Waals surface area contributed by atoms with Crippen LogP contribution >= 0.6 is 0 Å². The van der Waals surface area contributed by atoms with Crippen LogP contribution in [0.5, 0.6) is 0 Å². The lowest BCUT2D eigenvalue weighted by molar-refractivity contribution is 0.669. The van der Waals surface area contributed by atoms with Crippen molar-refractivity contribution >= 4 is 43.5 Å². The summed E-state index contributed by atoms with van der Waals surface area (Å²) in [6.07, 6.45) is 0.986. The molecule has 1 heterocycles. The molecule has 1 aliphatic rings. The third-order valence-corrected chi connectivity index (χ3v) is 6.28. The lowest BCUT2D eigenvalue weighted by Crippen LogP contribution is -1.83. The van der Waals surface area contributed by atoms with E-state index in [0.29, 0.717) is 0 Å². The highest BCUT2D eigenvalue weighted by Crippen LogP contribution is 2.44. The van der Waals surface area contributed by atoms with Crippen LogP contribution in [-0.4, -0.2) is 0 Å². The van der Waals surface area contributed by atoms with Crippen molar-refractivity contribution < 1.29 is 4.42 Å². The Bertz CT molecular complexity index is 1580. The molecule has 0 spiro atoms. The molecule has 0 radical (unpaired) electrons. The first-order valence-electron chi connectivity index (χ1n) is 9.75. The maximum absolute atomic E-state index is 6.29. The molecular weight excluding hydrogens is 340 g/mol. The Morgan fingerprint density at radius 2 is 1.32 bits per heavy atom. The third-order valence-electron chi connectivity index (χ3n) is 6.28. The van der Waals surface area contributed by atoms with E-state index in [0.717, 1.165) is 17.6 Å². The van der Waals surface area contributed by atoms with Crippen molar-refractivity contribution in [3.05, 3.63) is 96.1 Å². The Morgan fingerprint density at radius 3 is 2.21 bits per heavy atom. The number of hydrogen-bond acceptors (Lipinski definition) is 1. The minimum Gasteiger partial charge on any atom is -0.456 e. The van der Waals surface area contributed by atoms with Gasteiger partial charge in [-0.15, -0.1) is 0 Å². The minimum atomic E-state index is 0.969. The Morgan fingerprint density at radius 1 is 0.571 bits per heavy atom. The van der Waals surface area contributed by atoms with Gasteiger partial charge in [-0.1, -0.05) is 66.7 Å². The molecule has 130 valence electrons. The van der Waals surface area contributed by atoms with Gasteiger partial charge in [-0.3, -0.25) is 0 Å². The Hall–Kier alpha value is -3.58. The second-order valence-electron chi connectivity index (χ2n) is 7.76. The van der Waals surface area contributed by atoms with Gasteiger partial charge >= 0.3 is 0 Å². The average Bonchev–Trinajstić information content (AvgIpc) is 3.29. The minimum absolute atomic E-state index is 0.969. The fourth-order valence-corrected chi connectivity index (χ4v) is 5.00. The molecule has 1 aromatic heterocycles. The smallest absolute Gasteiger partial charge is 0.136 e. The maximum Gasteiger partial charge on any atom is 0.136 e. The van der Waals surface area contributed by atoms with Gasteiger partial charge in [0.2, 0.25) is 0 Å². The van der Waals surface area contributed by atoms with Crippen LogP contribution in [0.15, 0.2) is 89.3 Å².